The fourth-order valence-electron chi connectivity index (χ4n) is 2.71. The van der Waals surface area contributed by atoms with Gasteiger partial charge in [-0.15, -0.1) is 0 Å². The minimum absolute atomic E-state index is 0.0107. The minimum Gasteiger partial charge on any atom is -0.325 e. The second-order valence-electron chi connectivity index (χ2n) is 6.79. The van der Waals surface area contributed by atoms with Crippen molar-refractivity contribution in [1.82, 2.24) is 4.90 Å². The van der Waals surface area contributed by atoms with Crippen molar-refractivity contribution in [3.63, 3.8) is 0 Å². The third-order valence-electron chi connectivity index (χ3n) is 4.33. The molecule has 2 amide bonds. The van der Waals surface area contributed by atoms with Crippen molar-refractivity contribution in [3.05, 3.63) is 63.2 Å². The number of hydrogen-bond donors (Lipinski definition) is 2. The third-order valence-corrected chi connectivity index (χ3v) is 4.33. The molecule has 2 rings (SSSR count). The van der Waals surface area contributed by atoms with Gasteiger partial charge in [0.2, 0.25) is 11.8 Å². The summed E-state index contributed by atoms with van der Waals surface area (Å²) < 4.78 is 0. The molecule has 0 aliphatic heterocycles. The van der Waals surface area contributed by atoms with Crippen molar-refractivity contribution < 1.29 is 14.5 Å². The Balaban J connectivity index is 1.93. The lowest BCUT2D eigenvalue weighted by molar-refractivity contribution is -0.384. The Kier molecular flexibility index (Phi) is 6.84. The number of rotatable bonds is 7. The van der Waals surface area contributed by atoms with E-state index in [0.29, 0.717) is 0 Å². The molecule has 0 aliphatic carbocycles. The number of nitro groups is 1. The zero-order valence-corrected chi connectivity index (χ0v) is 16.4. The van der Waals surface area contributed by atoms with Crippen LogP contribution in [0.2, 0.25) is 0 Å². The van der Waals surface area contributed by atoms with E-state index < -0.39 is 10.8 Å². The lowest BCUT2D eigenvalue weighted by Crippen LogP contribution is -2.36. The molecule has 0 atom stereocenters. The fourth-order valence-corrected chi connectivity index (χ4v) is 2.71. The molecule has 28 heavy (non-hydrogen) atoms. The summed E-state index contributed by atoms with van der Waals surface area (Å²) in [6, 6.07) is 10.2. The number of nitrogens with one attached hydrogen (secondary N) is 2. The topological polar surface area (TPSA) is 105 Å². The number of benzene rings is 2. The van der Waals surface area contributed by atoms with E-state index in [4.69, 9.17) is 0 Å². The highest BCUT2D eigenvalue weighted by molar-refractivity contribution is 5.96. The Morgan fingerprint density at radius 3 is 2.21 bits per heavy atom. The third kappa shape index (κ3) is 5.62. The quantitative estimate of drug-likeness (QED) is 0.564. The molecule has 0 aliphatic rings. The van der Waals surface area contributed by atoms with Crippen molar-refractivity contribution >= 4 is 28.9 Å². The summed E-state index contributed by atoms with van der Waals surface area (Å²) in [7, 11) is 1.63. The highest BCUT2D eigenvalue weighted by atomic mass is 16.6. The van der Waals surface area contributed by atoms with Crippen molar-refractivity contribution in [2.75, 3.05) is 30.8 Å². The smallest absolute Gasteiger partial charge is 0.293 e. The van der Waals surface area contributed by atoms with E-state index in [0.717, 1.165) is 22.4 Å². The first-order valence-corrected chi connectivity index (χ1v) is 8.77. The van der Waals surface area contributed by atoms with E-state index in [1.54, 1.807) is 20.0 Å². The molecule has 0 saturated heterocycles. The van der Waals surface area contributed by atoms with Gasteiger partial charge in [0.25, 0.3) is 5.69 Å². The Morgan fingerprint density at radius 1 is 1.00 bits per heavy atom. The Bertz CT molecular complexity index is 911. The molecule has 0 bridgehead atoms. The average Bonchev–Trinajstić information content (AvgIpc) is 2.60. The molecular formula is C20H24N4O4. The molecule has 8 heteroatoms. The van der Waals surface area contributed by atoms with Gasteiger partial charge in [0, 0.05) is 11.8 Å². The van der Waals surface area contributed by atoms with Crippen molar-refractivity contribution in [2.24, 2.45) is 0 Å². The number of aryl methyl sites for hydroxylation is 2. The summed E-state index contributed by atoms with van der Waals surface area (Å²) in [5.41, 5.74) is 3.49. The molecule has 0 spiro atoms. The van der Waals surface area contributed by atoms with Crippen LogP contribution in [0.25, 0.3) is 0 Å². The normalized spacial score (nSPS) is 10.6. The molecule has 148 valence electrons. The number of hydrogen-bond acceptors (Lipinski definition) is 5. The summed E-state index contributed by atoms with van der Waals surface area (Å²) in [6.07, 6.45) is 0. The maximum atomic E-state index is 12.2. The van der Waals surface area contributed by atoms with E-state index in [2.05, 4.69) is 10.6 Å². The molecule has 0 saturated carbocycles. The molecule has 0 aromatic heterocycles. The molecule has 2 N–H and O–H groups in total. The largest absolute Gasteiger partial charge is 0.325 e. The van der Waals surface area contributed by atoms with E-state index in [-0.39, 0.29) is 30.4 Å². The van der Waals surface area contributed by atoms with E-state index in [1.807, 2.05) is 32.0 Å². The van der Waals surface area contributed by atoms with E-state index in [1.165, 1.54) is 17.0 Å². The van der Waals surface area contributed by atoms with Gasteiger partial charge < -0.3 is 10.6 Å². The molecule has 0 unspecified atom stereocenters. The maximum Gasteiger partial charge on any atom is 0.293 e. The number of carbonyl (C=O) groups is 2. The average molecular weight is 384 g/mol. The minimum atomic E-state index is -0.538. The van der Waals surface area contributed by atoms with Crippen LogP contribution in [-0.4, -0.2) is 41.8 Å². The molecule has 0 radical (unpaired) electrons. The number of carbonyl (C=O) groups excluding carboxylic acids is 2. The van der Waals surface area contributed by atoms with Crippen molar-refractivity contribution in [3.8, 4) is 0 Å². The summed E-state index contributed by atoms with van der Waals surface area (Å²) in [6.45, 7) is 5.56. The predicted octanol–water partition coefficient (Wildman–Crippen LogP) is 3.03. The van der Waals surface area contributed by atoms with E-state index >= 15 is 0 Å². The lowest BCUT2D eigenvalue weighted by atomic mass is 10.1. The first kappa shape index (κ1) is 21.0. The zero-order valence-electron chi connectivity index (χ0n) is 16.4. The van der Waals surface area contributed by atoms with Gasteiger partial charge in [-0.25, -0.2) is 0 Å². The molecular weight excluding hydrogens is 360 g/mol. The van der Waals surface area contributed by atoms with Gasteiger partial charge in [-0.2, -0.15) is 0 Å². The standard InChI is InChI=1S/C20H24N4O4/c1-13-8-9-17(18(10-13)24(27)28)22-20(26)12-23(4)11-19(25)21-16-7-5-6-14(2)15(16)3/h5-10H,11-12H2,1-4H3,(H,21,25)(H,22,26). The van der Waals surface area contributed by atoms with Crippen LogP contribution >= 0.6 is 0 Å². The van der Waals surface area contributed by atoms with Crippen LogP contribution in [0.15, 0.2) is 36.4 Å². The monoisotopic (exact) mass is 384 g/mol. The first-order valence-electron chi connectivity index (χ1n) is 8.77. The number of nitrogens with zero attached hydrogens (tertiary/aromatic N) is 2. The van der Waals surface area contributed by atoms with Crippen molar-refractivity contribution in [2.45, 2.75) is 20.8 Å². The summed E-state index contributed by atoms with van der Waals surface area (Å²) in [5, 5.41) is 16.5. The van der Waals surface area contributed by atoms with Crippen molar-refractivity contribution in [1.29, 1.82) is 0 Å². The molecule has 2 aromatic rings. The highest BCUT2D eigenvalue weighted by Gasteiger charge is 2.17. The number of amides is 2. The molecule has 8 nitrogen and oxygen atoms in total. The van der Waals surface area contributed by atoms with E-state index in [9.17, 15) is 19.7 Å². The summed E-state index contributed by atoms with van der Waals surface area (Å²) in [4.78, 5) is 36.6. The SMILES string of the molecule is Cc1ccc(NC(=O)CN(C)CC(=O)Nc2cccc(C)c2C)c([N+](=O)[O-])c1. The Labute approximate surface area is 163 Å². The zero-order chi connectivity index (χ0) is 20.8. The van der Waals surface area contributed by atoms with Gasteiger partial charge in [-0.1, -0.05) is 18.2 Å². The molecule has 0 fully saturated rings. The second-order valence-corrected chi connectivity index (χ2v) is 6.79. The highest BCUT2D eigenvalue weighted by Crippen LogP contribution is 2.25. The molecule has 0 heterocycles. The fraction of sp³-hybridized carbons (Fsp3) is 0.300. The van der Waals surface area contributed by atoms with Crippen LogP contribution in [0.4, 0.5) is 17.1 Å². The number of nitro benzene ring substituents is 1. The second kappa shape index (κ2) is 9.09. The van der Waals surface area contributed by atoms with Crippen LogP contribution in [-0.2, 0) is 9.59 Å². The van der Waals surface area contributed by atoms with Crippen LogP contribution < -0.4 is 10.6 Å². The number of anilines is 2. The first-order chi connectivity index (χ1) is 13.2. The van der Waals surface area contributed by atoms with Crippen LogP contribution in [0.3, 0.4) is 0 Å². The van der Waals surface area contributed by atoms with Gasteiger partial charge in [0.05, 0.1) is 18.0 Å². The lowest BCUT2D eigenvalue weighted by Gasteiger charge is -2.17. The van der Waals surface area contributed by atoms with Crippen LogP contribution in [0.5, 0.6) is 0 Å². The molecule has 2 aromatic carbocycles. The van der Waals surface area contributed by atoms with Gasteiger partial charge in [0.15, 0.2) is 0 Å². The van der Waals surface area contributed by atoms with Gasteiger partial charge in [0.1, 0.15) is 5.69 Å². The van der Waals surface area contributed by atoms with Crippen LogP contribution in [0, 0.1) is 30.9 Å². The predicted molar refractivity (Wildman–Crippen MR) is 109 cm³/mol. The summed E-state index contributed by atoms with van der Waals surface area (Å²) >= 11 is 0. The maximum absolute atomic E-state index is 12.2. The van der Waals surface area contributed by atoms with Gasteiger partial charge in [-0.3, -0.25) is 24.6 Å². The van der Waals surface area contributed by atoms with Gasteiger partial charge >= 0.3 is 0 Å². The Hall–Kier alpha value is -3.26. The Morgan fingerprint density at radius 2 is 1.61 bits per heavy atom. The summed E-state index contributed by atoms with van der Waals surface area (Å²) in [5.74, 6) is -0.681. The van der Waals surface area contributed by atoms with Crippen LogP contribution in [0.1, 0.15) is 16.7 Å². The van der Waals surface area contributed by atoms with Gasteiger partial charge in [-0.05, 0) is 56.6 Å². The number of likely N-dealkylation sites (N-methyl/N-ethyl adjacent to an activating group) is 1.